The average molecular weight is 388 g/mol. The van der Waals surface area contributed by atoms with Crippen molar-refractivity contribution < 1.29 is 23.2 Å². The molecule has 7 nitrogen and oxygen atoms in total. The highest BCUT2D eigenvalue weighted by atomic mass is 32.1. The quantitative estimate of drug-likeness (QED) is 0.635. The van der Waals surface area contributed by atoms with Crippen molar-refractivity contribution >= 4 is 28.2 Å². The summed E-state index contributed by atoms with van der Waals surface area (Å²) in [6.45, 7) is 3.04. The lowest BCUT2D eigenvalue weighted by atomic mass is 10.2. The number of rotatable bonds is 8. The first-order valence-electron chi connectivity index (χ1n) is 8.34. The zero-order valence-electron chi connectivity index (χ0n) is 15.1. The summed E-state index contributed by atoms with van der Waals surface area (Å²) in [6.07, 6.45) is 3.01. The molecular formula is C19H20N2O5S. The van der Waals surface area contributed by atoms with E-state index in [1.54, 1.807) is 42.5 Å². The maximum atomic E-state index is 13.0. The lowest BCUT2D eigenvalue weighted by Gasteiger charge is -2.21. The van der Waals surface area contributed by atoms with Crippen molar-refractivity contribution in [3.05, 3.63) is 64.8 Å². The first-order chi connectivity index (χ1) is 13.1. The van der Waals surface area contributed by atoms with Crippen molar-refractivity contribution in [3.63, 3.8) is 0 Å². The van der Waals surface area contributed by atoms with Crippen LogP contribution in [-0.4, -0.2) is 37.0 Å². The van der Waals surface area contributed by atoms with Crippen LogP contribution in [0.2, 0.25) is 0 Å². The SMILES string of the molecule is COCCN(Cc1ccco1)C(=O)c1sc(NC(=O)c2ccco2)cc1C. The van der Waals surface area contributed by atoms with Gasteiger partial charge in [-0.3, -0.25) is 9.59 Å². The van der Waals surface area contributed by atoms with Gasteiger partial charge in [0.15, 0.2) is 5.76 Å². The fourth-order valence-corrected chi connectivity index (χ4v) is 3.56. The summed E-state index contributed by atoms with van der Waals surface area (Å²) in [5, 5.41) is 3.35. The Balaban J connectivity index is 1.75. The second-order valence-electron chi connectivity index (χ2n) is 5.85. The van der Waals surface area contributed by atoms with Crippen molar-refractivity contribution in [1.29, 1.82) is 0 Å². The molecule has 2 amide bonds. The van der Waals surface area contributed by atoms with E-state index >= 15 is 0 Å². The van der Waals surface area contributed by atoms with E-state index in [1.807, 2.05) is 13.0 Å². The van der Waals surface area contributed by atoms with Crippen molar-refractivity contribution in [2.45, 2.75) is 13.5 Å². The molecule has 3 aromatic heterocycles. The molecule has 0 aliphatic heterocycles. The maximum absolute atomic E-state index is 13.0. The molecule has 0 radical (unpaired) electrons. The molecule has 0 saturated carbocycles. The normalized spacial score (nSPS) is 10.7. The Labute approximate surface area is 160 Å². The van der Waals surface area contributed by atoms with E-state index in [0.717, 1.165) is 5.56 Å². The van der Waals surface area contributed by atoms with Crippen molar-refractivity contribution in [1.82, 2.24) is 4.90 Å². The molecule has 3 rings (SSSR count). The first-order valence-corrected chi connectivity index (χ1v) is 9.16. The van der Waals surface area contributed by atoms with Gasteiger partial charge in [0.25, 0.3) is 11.8 Å². The Kier molecular flexibility index (Phi) is 6.10. The number of anilines is 1. The van der Waals surface area contributed by atoms with Crippen LogP contribution in [0, 0.1) is 6.92 Å². The Morgan fingerprint density at radius 3 is 2.67 bits per heavy atom. The monoisotopic (exact) mass is 388 g/mol. The molecule has 1 N–H and O–H groups in total. The number of ether oxygens (including phenoxy) is 1. The van der Waals surface area contributed by atoms with Crippen LogP contribution < -0.4 is 5.32 Å². The van der Waals surface area contributed by atoms with Gasteiger partial charge in [0, 0.05) is 13.7 Å². The molecular weight excluding hydrogens is 368 g/mol. The number of amides is 2. The fraction of sp³-hybridized carbons (Fsp3) is 0.263. The molecule has 0 saturated heterocycles. The summed E-state index contributed by atoms with van der Waals surface area (Å²) in [5.41, 5.74) is 0.793. The van der Waals surface area contributed by atoms with Gasteiger partial charge in [-0.2, -0.15) is 0 Å². The minimum absolute atomic E-state index is 0.135. The van der Waals surface area contributed by atoms with Gasteiger partial charge in [-0.15, -0.1) is 11.3 Å². The molecule has 142 valence electrons. The molecule has 0 aromatic carbocycles. The van der Waals surface area contributed by atoms with E-state index in [-0.39, 0.29) is 17.6 Å². The number of hydrogen-bond donors (Lipinski definition) is 1. The number of carbonyl (C=O) groups excluding carboxylic acids is 2. The summed E-state index contributed by atoms with van der Waals surface area (Å²) in [5.74, 6) is 0.421. The molecule has 8 heteroatoms. The van der Waals surface area contributed by atoms with Crippen molar-refractivity contribution in [2.75, 3.05) is 25.6 Å². The summed E-state index contributed by atoms with van der Waals surface area (Å²) in [6, 6.07) is 8.61. The van der Waals surface area contributed by atoms with Crippen LogP contribution in [0.3, 0.4) is 0 Å². The van der Waals surface area contributed by atoms with Crippen LogP contribution in [0.1, 0.15) is 31.6 Å². The number of furan rings is 2. The predicted octanol–water partition coefficient (Wildman–Crippen LogP) is 3.78. The van der Waals surface area contributed by atoms with Gasteiger partial charge in [-0.25, -0.2) is 0 Å². The standard InChI is InChI=1S/C19H20N2O5S/c1-13-11-16(20-18(22)15-6-4-9-26-15)27-17(13)19(23)21(7-10-24-2)12-14-5-3-8-25-14/h3-6,8-9,11H,7,10,12H2,1-2H3,(H,20,22). The summed E-state index contributed by atoms with van der Waals surface area (Å²) in [7, 11) is 1.59. The zero-order valence-corrected chi connectivity index (χ0v) is 15.9. The molecule has 3 heterocycles. The first kappa shape index (κ1) is 18.9. The van der Waals surface area contributed by atoms with Crippen LogP contribution in [0.5, 0.6) is 0 Å². The highest BCUT2D eigenvalue weighted by Gasteiger charge is 2.22. The molecule has 0 atom stereocenters. The third kappa shape index (κ3) is 4.66. The topological polar surface area (TPSA) is 84.9 Å². The second kappa shape index (κ2) is 8.70. The van der Waals surface area contributed by atoms with E-state index in [9.17, 15) is 9.59 Å². The van der Waals surface area contributed by atoms with Crippen LogP contribution >= 0.6 is 11.3 Å². The van der Waals surface area contributed by atoms with Gasteiger partial charge in [0.05, 0.1) is 35.6 Å². The van der Waals surface area contributed by atoms with Gasteiger partial charge >= 0.3 is 0 Å². The molecule has 3 aromatic rings. The van der Waals surface area contributed by atoms with Crippen molar-refractivity contribution in [3.8, 4) is 0 Å². The summed E-state index contributed by atoms with van der Waals surface area (Å²) >= 11 is 1.23. The van der Waals surface area contributed by atoms with Crippen LogP contribution in [0.15, 0.2) is 51.7 Å². The molecule has 27 heavy (non-hydrogen) atoms. The Hall–Kier alpha value is -2.84. The largest absolute Gasteiger partial charge is 0.467 e. The van der Waals surface area contributed by atoms with Gasteiger partial charge in [-0.05, 0) is 42.8 Å². The highest BCUT2D eigenvalue weighted by molar-refractivity contribution is 7.18. The third-order valence-corrected chi connectivity index (χ3v) is 5.01. The number of nitrogens with one attached hydrogen (secondary N) is 1. The Bertz CT molecular complexity index is 884. The average Bonchev–Trinajstić information content (AvgIpc) is 3.40. The van der Waals surface area contributed by atoms with Gasteiger partial charge in [-0.1, -0.05) is 0 Å². The van der Waals surface area contributed by atoms with E-state index in [0.29, 0.717) is 35.3 Å². The maximum Gasteiger partial charge on any atom is 0.291 e. The van der Waals surface area contributed by atoms with Gasteiger partial charge < -0.3 is 23.8 Å². The zero-order chi connectivity index (χ0) is 19.2. The molecule has 0 spiro atoms. The fourth-order valence-electron chi connectivity index (χ4n) is 2.53. The molecule has 0 unspecified atom stereocenters. The molecule has 0 bridgehead atoms. The highest BCUT2D eigenvalue weighted by Crippen LogP contribution is 2.29. The van der Waals surface area contributed by atoms with E-state index in [2.05, 4.69) is 5.32 Å². The predicted molar refractivity (Wildman–Crippen MR) is 101 cm³/mol. The smallest absolute Gasteiger partial charge is 0.291 e. The van der Waals surface area contributed by atoms with Crippen LogP contribution in [0.25, 0.3) is 0 Å². The minimum Gasteiger partial charge on any atom is -0.467 e. The Morgan fingerprint density at radius 2 is 2.00 bits per heavy atom. The van der Waals surface area contributed by atoms with Crippen molar-refractivity contribution in [2.24, 2.45) is 0 Å². The number of thiophene rings is 1. The molecule has 0 fully saturated rings. The molecule has 0 aliphatic carbocycles. The second-order valence-corrected chi connectivity index (χ2v) is 6.91. The van der Waals surface area contributed by atoms with Crippen LogP contribution in [-0.2, 0) is 11.3 Å². The number of carbonyl (C=O) groups is 2. The number of nitrogens with zero attached hydrogens (tertiary/aromatic N) is 1. The summed E-state index contributed by atoms with van der Waals surface area (Å²) in [4.78, 5) is 27.4. The van der Waals surface area contributed by atoms with E-state index < -0.39 is 0 Å². The van der Waals surface area contributed by atoms with E-state index in [1.165, 1.54) is 17.6 Å². The molecule has 0 aliphatic rings. The number of methoxy groups -OCH3 is 1. The number of hydrogen-bond acceptors (Lipinski definition) is 6. The summed E-state index contributed by atoms with van der Waals surface area (Å²) < 4.78 is 15.6. The van der Waals surface area contributed by atoms with Crippen LogP contribution in [0.4, 0.5) is 5.00 Å². The number of aryl methyl sites for hydroxylation is 1. The van der Waals surface area contributed by atoms with Gasteiger partial charge in [0.1, 0.15) is 5.76 Å². The lowest BCUT2D eigenvalue weighted by Crippen LogP contribution is -2.33. The lowest BCUT2D eigenvalue weighted by molar-refractivity contribution is 0.0670. The third-order valence-electron chi connectivity index (χ3n) is 3.87. The minimum atomic E-state index is -0.355. The Morgan fingerprint density at radius 1 is 1.22 bits per heavy atom. The van der Waals surface area contributed by atoms with Gasteiger partial charge in [0.2, 0.25) is 0 Å². The van der Waals surface area contributed by atoms with E-state index in [4.69, 9.17) is 13.6 Å².